The van der Waals surface area contributed by atoms with Gasteiger partial charge >= 0.3 is 0 Å². The number of aromatic nitrogens is 2. The lowest BCUT2D eigenvalue weighted by Gasteiger charge is -2.22. The molecular formula is C19H27N3O3. The Balaban J connectivity index is 2.36. The molecule has 0 spiro atoms. The van der Waals surface area contributed by atoms with Crippen LogP contribution in [-0.4, -0.2) is 33.4 Å². The van der Waals surface area contributed by atoms with Gasteiger partial charge in [-0.1, -0.05) is 38.5 Å². The third-order valence-corrected chi connectivity index (χ3v) is 4.60. The van der Waals surface area contributed by atoms with Crippen LogP contribution in [0.15, 0.2) is 29.1 Å². The van der Waals surface area contributed by atoms with E-state index >= 15 is 0 Å². The number of aliphatic hydroxyl groups excluding tert-OH is 1. The molecule has 6 nitrogen and oxygen atoms in total. The summed E-state index contributed by atoms with van der Waals surface area (Å²) in [4.78, 5) is 25.0. The van der Waals surface area contributed by atoms with E-state index in [0.717, 1.165) is 6.42 Å². The van der Waals surface area contributed by atoms with Crippen molar-refractivity contribution in [3.8, 4) is 0 Å². The van der Waals surface area contributed by atoms with E-state index in [1.807, 2.05) is 45.9 Å². The monoisotopic (exact) mass is 345 g/mol. The standard InChI is InChI=1S/C19H27N3O3/c1-5-13(4)17(11-23)20-18(24)10-16-14-8-6-7-9-15(14)19(25)22(21-16)12(2)3/h6-9,12-13,17,23H,5,10-11H2,1-4H3,(H,20,24)/t13-,17-/m1/s1. The molecule has 0 saturated heterocycles. The molecule has 0 unspecified atom stereocenters. The van der Waals surface area contributed by atoms with Gasteiger partial charge in [-0.25, -0.2) is 4.68 Å². The first-order valence-corrected chi connectivity index (χ1v) is 8.79. The number of fused-ring (bicyclic) bond motifs is 1. The van der Waals surface area contributed by atoms with Crippen LogP contribution >= 0.6 is 0 Å². The lowest BCUT2D eigenvalue weighted by atomic mass is 9.99. The van der Waals surface area contributed by atoms with Crippen LogP contribution in [0.1, 0.15) is 45.9 Å². The number of hydrogen-bond donors (Lipinski definition) is 2. The Kier molecular flexibility index (Phi) is 6.31. The second kappa shape index (κ2) is 8.25. The molecule has 0 aliphatic rings. The maximum Gasteiger partial charge on any atom is 0.274 e. The largest absolute Gasteiger partial charge is 0.394 e. The van der Waals surface area contributed by atoms with Crippen LogP contribution in [0.4, 0.5) is 0 Å². The van der Waals surface area contributed by atoms with Crippen molar-refractivity contribution >= 4 is 16.7 Å². The maximum atomic E-state index is 12.5. The van der Waals surface area contributed by atoms with Gasteiger partial charge in [0.1, 0.15) is 0 Å². The molecule has 1 aromatic heterocycles. The molecule has 25 heavy (non-hydrogen) atoms. The normalized spacial score (nSPS) is 13.8. The van der Waals surface area contributed by atoms with Gasteiger partial charge in [0.05, 0.1) is 36.2 Å². The van der Waals surface area contributed by atoms with Crippen molar-refractivity contribution < 1.29 is 9.90 Å². The predicted molar refractivity (Wildman–Crippen MR) is 98.6 cm³/mol. The Morgan fingerprint density at radius 1 is 1.24 bits per heavy atom. The van der Waals surface area contributed by atoms with E-state index in [-0.39, 0.29) is 42.5 Å². The van der Waals surface area contributed by atoms with E-state index in [1.54, 1.807) is 6.07 Å². The zero-order valence-electron chi connectivity index (χ0n) is 15.3. The van der Waals surface area contributed by atoms with Gasteiger partial charge in [-0.3, -0.25) is 9.59 Å². The van der Waals surface area contributed by atoms with Crippen molar-refractivity contribution in [3.63, 3.8) is 0 Å². The second-order valence-corrected chi connectivity index (χ2v) is 6.75. The molecule has 0 radical (unpaired) electrons. The van der Waals surface area contributed by atoms with Gasteiger partial charge in [0.2, 0.25) is 5.91 Å². The highest BCUT2D eigenvalue weighted by Gasteiger charge is 2.19. The zero-order valence-corrected chi connectivity index (χ0v) is 15.3. The van der Waals surface area contributed by atoms with Crippen LogP contribution in [-0.2, 0) is 11.2 Å². The molecule has 1 aromatic carbocycles. The molecule has 136 valence electrons. The Labute approximate surface area is 147 Å². The van der Waals surface area contributed by atoms with Gasteiger partial charge in [0, 0.05) is 5.39 Å². The Hall–Kier alpha value is -2.21. The molecule has 1 heterocycles. The average molecular weight is 345 g/mol. The van der Waals surface area contributed by atoms with Crippen molar-refractivity contribution in [2.75, 3.05) is 6.61 Å². The summed E-state index contributed by atoms with van der Waals surface area (Å²) in [6.07, 6.45) is 0.936. The summed E-state index contributed by atoms with van der Waals surface area (Å²) in [5.41, 5.74) is 0.421. The topological polar surface area (TPSA) is 84.2 Å². The third-order valence-electron chi connectivity index (χ3n) is 4.60. The predicted octanol–water partition coefficient (Wildman–Crippen LogP) is 2.04. The zero-order chi connectivity index (χ0) is 18.6. The van der Waals surface area contributed by atoms with Gasteiger partial charge in [-0.05, 0) is 25.8 Å². The number of amides is 1. The molecule has 0 fully saturated rings. The first kappa shape index (κ1) is 19.1. The quantitative estimate of drug-likeness (QED) is 0.804. The summed E-state index contributed by atoms with van der Waals surface area (Å²) in [5, 5.41) is 18.1. The van der Waals surface area contributed by atoms with Crippen molar-refractivity contribution in [1.29, 1.82) is 0 Å². The first-order chi connectivity index (χ1) is 11.9. The minimum Gasteiger partial charge on any atom is -0.394 e. The Morgan fingerprint density at radius 3 is 2.44 bits per heavy atom. The number of hydrogen-bond acceptors (Lipinski definition) is 4. The SMILES string of the molecule is CC[C@@H](C)[C@@H](CO)NC(=O)Cc1nn(C(C)C)c(=O)c2ccccc12. The Bertz CT molecular complexity index is 798. The van der Waals surface area contributed by atoms with E-state index in [0.29, 0.717) is 16.5 Å². The molecule has 6 heteroatoms. The lowest BCUT2D eigenvalue weighted by Crippen LogP contribution is -2.42. The highest BCUT2D eigenvalue weighted by atomic mass is 16.3. The maximum absolute atomic E-state index is 12.5. The number of nitrogens with zero attached hydrogens (tertiary/aromatic N) is 2. The number of aliphatic hydroxyl groups is 1. The molecule has 2 atom stereocenters. The van der Waals surface area contributed by atoms with Crippen LogP contribution in [0, 0.1) is 5.92 Å². The lowest BCUT2D eigenvalue weighted by molar-refractivity contribution is -0.121. The molecule has 2 aromatic rings. The number of nitrogens with one attached hydrogen (secondary N) is 1. The van der Waals surface area contributed by atoms with Crippen LogP contribution in [0.2, 0.25) is 0 Å². The minimum atomic E-state index is -0.278. The van der Waals surface area contributed by atoms with Crippen LogP contribution in [0.5, 0.6) is 0 Å². The average Bonchev–Trinajstić information content (AvgIpc) is 2.61. The van der Waals surface area contributed by atoms with Crippen molar-refractivity contribution in [3.05, 3.63) is 40.3 Å². The number of rotatable bonds is 7. The van der Waals surface area contributed by atoms with E-state index < -0.39 is 0 Å². The van der Waals surface area contributed by atoms with Crippen LogP contribution in [0.25, 0.3) is 10.8 Å². The van der Waals surface area contributed by atoms with E-state index in [1.165, 1.54) is 4.68 Å². The summed E-state index contributed by atoms with van der Waals surface area (Å²) < 4.78 is 1.42. The molecule has 0 aliphatic heterocycles. The summed E-state index contributed by atoms with van der Waals surface area (Å²) >= 11 is 0. The fourth-order valence-corrected chi connectivity index (χ4v) is 2.82. The van der Waals surface area contributed by atoms with Crippen molar-refractivity contribution in [2.24, 2.45) is 5.92 Å². The van der Waals surface area contributed by atoms with E-state index in [4.69, 9.17) is 0 Å². The van der Waals surface area contributed by atoms with Crippen LogP contribution in [0.3, 0.4) is 0 Å². The van der Waals surface area contributed by atoms with Crippen molar-refractivity contribution in [1.82, 2.24) is 15.1 Å². The summed E-state index contributed by atoms with van der Waals surface area (Å²) in [6, 6.07) is 6.84. The van der Waals surface area contributed by atoms with Gasteiger partial charge < -0.3 is 10.4 Å². The Morgan fingerprint density at radius 2 is 1.88 bits per heavy atom. The fraction of sp³-hybridized carbons (Fsp3) is 0.526. The van der Waals surface area contributed by atoms with Gasteiger partial charge in [-0.2, -0.15) is 5.10 Å². The summed E-state index contributed by atoms with van der Waals surface area (Å²) in [6.45, 7) is 7.69. The van der Waals surface area contributed by atoms with E-state index in [2.05, 4.69) is 10.4 Å². The molecule has 2 rings (SSSR count). The number of carbonyl (C=O) groups excluding carboxylic acids is 1. The van der Waals surface area contributed by atoms with Crippen LogP contribution < -0.4 is 10.9 Å². The second-order valence-electron chi connectivity index (χ2n) is 6.75. The number of carbonyl (C=O) groups is 1. The molecule has 1 amide bonds. The van der Waals surface area contributed by atoms with Gasteiger partial charge in [0.25, 0.3) is 5.56 Å². The molecule has 0 saturated carbocycles. The summed E-state index contributed by atoms with van der Waals surface area (Å²) in [7, 11) is 0. The molecule has 0 bridgehead atoms. The van der Waals surface area contributed by atoms with Gasteiger partial charge in [0.15, 0.2) is 0 Å². The highest BCUT2D eigenvalue weighted by Crippen LogP contribution is 2.16. The van der Waals surface area contributed by atoms with E-state index in [9.17, 15) is 14.7 Å². The molecule has 0 aliphatic carbocycles. The number of benzene rings is 1. The molecule has 2 N–H and O–H groups in total. The highest BCUT2D eigenvalue weighted by molar-refractivity contribution is 5.88. The smallest absolute Gasteiger partial charge is 0.274 e. The summed E-state index contributed by atoms with van der Waals surface area (Å²) in [5.74, 6) is -0.0192. The van der Waals surface area contributed by atoms with Gasteiger partial charge in [-0.15, -0.1) is 0 Å². The minimum absolute atomic E-state index is 0.0699. The van der Waals surface area contributed by atoms with Crippen molar-refractivity contribution in [2.45, 2.75) is 52.6 Å². The third kappa shape index (κ3) is 4.25. The first-order valence-electron chi connectivity index (χ1n) is 8.79. The fourth-order valence-electron chi connectivity index (χ4n) is 2.82. The molecular weight excluding hydrogens is 318 g/mol.